The summed E-state index contributed by atoms with van der Waals surface area (Å²) in [6.07, 6.45) is 2.75. The van der Waals surface area contributed by atoms with Gasteiger partial charge in [-0.15, -0.1) is 34.2 Å². The molecule has 0 amide bonds. The Morgan fingerprint density at radius 1 is 1.19 bits per heavy atom. The van der Waals surface area contributed by atoms with Crippen LogP contribution in [-0.4, -0.2) is 44.8 Å². The van der Waals surface area contributed by atoms with Crippen molar-refractivity contribution in [1.29, 1.82) is 0 Å². The molecule has 0 saturated carbocycles. The van der Waals surface area contributed by atoms with Crippen LogP contribution < -0.4 is 15.5 Å². The minimum Gasteiger partial charge on any atom is -0.353 e. The second-order valence-electron chi connectivity index (χ2n) is 7.61. The highest BCUT2D eigenvalue weighted by atomic mass is 127. The van der Waals surface area contributed by atoms with Gasteiger partial charge in [-0.2, -0.15) is 0 Å². The molecule has 1 unspecified atom stereocenters. The van der Waals surface area contributed by atoms with Gasteiger partial charge in [0.15, 0.2) is 11.8 Å². The first-order valence-electron chi connectivity index (χ1n) is 10.4. The molecular weight excluding hydrogens is 539 g/mol. The lowest BCUT2D eigenvalue weighted by molar-refractivity contribution is 0.636. The number of aromatic nitrogens is 4. The van der Waals surface area contributed by atoms with Crippen molar-refractivity contribution in [1.82, 2.24) is 30.4 Å². The standard InChI is InChI=1S/C22H27ClN8.HI/c1-16-28-29-20(30(16)2)14-26-22(25-13-17-7-4-3-5-8-17)27-18-10-12-31(15-18)21-19(23)9-6-11-24-21;/h3-9,11,18H,10,12-15H2,1-2H3,(H2,25,26,27);1H. The number of aryl methyl sites for hydroxylation is 1. The number of nitrogens with one attached hydrogen (secondary N) is 2. The first-order valence-corrected chi connectivity index (χ1v) is 10.8. The van der Waals surface area contributed by atoms with Crippen molar-refractivity contribution in [3.8, 4) is 0 Å². The third kappa shape index (κ3) is 6.10. The van der Waals surface area contributed by atoms with Crippen molar-refractivity contribution in [2.75, 3.05) is 18.0 Å². The molecular formula is C22H28ClIN8. The second kappa shape index (κ2) is 11.5. The van der Waals surface area contributed by atoms with E-state index < -0.39 is 0 Å². The molecule has 1 saturated heterocycles. The van der Waals surface area contributed by atoms with Gasteiger partial charge >= 0.3 is 0 Å². The summed E-state index contributed by atoms with van der Waals surface area (Å²) in [6.45, 7) is 4.78. The maximum Gasteiger partial charge on any atom is 0.192 e. The first kappa shape index (κ1) is 24.2. The number of nitrogens with zero attached hydrogens (tertiary/aromatic N) is 6. The van der Waals surface area contributed by atoms with Crippen molar-refractivity contribution in [3.05, 3.63) is 70.9 Å². The Bertz CT molecular complexity index is 1040. The van der Waals surface area contributed by atoms with Gasteiger partial charge in [0.2, 0.25) is 0 Å². The largest absolute Gasteiger partial charge is 0.353 e. The molecule has 0 spiro atoms. The summed E-state index contributed by atoms with van der Waals surface area (Å²) < 4.78 is 1.97. The Balaban J connectivity index is 0.00000289. The number of pyridine rings is 1. The van der Waals surface area contributed by atoms with E-state index in [9.17, 15) is 0 Å². The highest BCUT2D eigenvalue weighted by molar-refractivity contribution is 14.0. The van der Waals surface area contributed by atoms with Crippen LogP contribution in [0.2, 0.25) is 5.02 Å². The van der Waals surface area contributed by atoms with E-state index in [1.807, 2.05) is 48.9 Å². The number of aliphatic imine (C=N–C) groups is 1. The number of rotatable bonds is 6. The Hall–Kier alpha value is -2.40. The molecule has 1 aliphatic heterocycles. The Labute approximate surface area is 210 Å². The maximum atomic E-state index is 6.33. The highest BCUT2D eigenvalue weighted by Crippen LogP contribution is 2.25. The molecule has 1 aromatic carbocycles. The lowest BCUT2D eigenvalue weighted by Crippen LogP contribution is -2.44. The van der Waals surface area contributed by atoms with E-state index in [1.165, 1.54) is 0 Å². The van der Waals surface area contributed by atoms with Gasteiger partial charge in [0.25, 0.3) is 0 Å². The lowest BCUT2D eigenvalue weighted by atomic mass is 10.2. The fraction of sp³-hybridized carbons (Fsp3) is 0.364. The van der Waals surface area contributed by atoms with Crippen LogP contribution in [0.3, 0.4) is 0 Å². The SMILES string of the molecule is Cc1nnc(CNC(=NCc2ccccc2)NC2CCN(c3ncccc3Cl)C2)n1C.I. The van der Waals surface area contributed by atoms with Gasteiger partial charge in [-0.05, 0) is 31.0 Å². The fourth-order valence-electron chi connectivity index (χ4n) is 3.55. The van der Waals surface area contributed by atoms with Crippen LogP contribution in [-0.2, 0) is 20.1 Å². The summed E-state index contributed by atoms with van der Waals surface area (Å²) in [6, 6.07) is 14.2. The van der Waals surface area contributed by atoms with E-state index >= 15 is 0 Å². The normalized spacial score (nSPS) is 16.0. The van der Waals surface area contributed by atoms with E-state index in [2.05, 4.69) is 42.8 Å². The molecule has 0 radical (unpaired) electrons. The minimum atomic E-state index is 0. The van der Waals surface area contributed by atoms with Crippen LogP contribution in [0.4, 0.5) is 5.82 Å². The molecule has 3 heterocycles. The second-order valence-corrected chi connectivity index (χ2v) is 8.02. The third-order valence-corrected chi connectivity index (χ3v) is 5.72. The average molecular weight is 567 g/mol. The molecule has 1 atom stereocenters. The van der Waals surface area contributed by atoms with Gasteiger partial charge in [-0.25, -0.2) is 9.98 Å². The molecule has 32 heavy (non-hydrogen) atoms. The smallest absolute Gasteiger partial charge is 0.192 e. The lowest BCUT2D eigenvalue weighted by Gasteiger charge is -2.20. The first-order chi connectivity index (χ1) is 15.1. The van der Waals surface area contributed by atoms with Gasteiger partial charge in [-0.3, -0.25) is 0 Å². The molecule has 2 N–H and O–H groups in total. The van der Waals surface area contributed by atoms with E-state index in [0.717, 1.165) is 48.5 Å². The van der Waals surface area contributed by atoms with Crippen LogP contribution in [0.1, 0.15) is 23.6 Å². The van der Waals surface area contributed by atoms with Crippen LogP contribution in [0.25, 0.3) is 0 Å². The Morgan fingerprint density at radius 2 is 2.00 bits per heavy atom. The van der Waals surface area contributed by atoms with E-state index in [4.69, 9.17) is 16.6 Å². The molecule has 4 rings (SSSR count). The van der Waals surface area contributed by atoms with Gasteiger partial charge in [0, 0.05) is 32.4 Å². The highest BCUT2D eigenvalue weighted by Gasteiger charge is 2.25. The van der Waals surface area contributed by atoms with Crippen molar-refractivity contribution in [2.24, 2.45) is 12.0 Å². The summed E-state index contributed by atoms with van der Waals surface area (Å²) in [7, 11) is 1.96. The monoisotopic (exact) mass is 566 g/mol. The van der Waals surface area contributed by atoms with E-state index in [1.54, 1.807) is 6.20 Å². The van der Waals surface area contributed by atoms with E-state index in [0.29, 0.717) is 18.1 Å². The van der Waals surface area contributed by atoms with Crippen molar-refractivity contribution in [3.63, 3.8) is 0 Å². The van der Waals surface area contributed by atoms with Crippen LogP contribution in [0, 0.1) is 6.92 Å². The fourth-order valence-corrected chi connectivity index (χ4v) is 3.79. The van der Waals surface area contributed by atoms with Crippen molar-refractivity contribution >= 4 is 47.4 Å². The van der Waals surface area contributed by atoms with Crippen molar-refractivity contribution in [2.45, 2.75) is 32.5 Å². The molecule has 0 bridgehead atoms. The molecule has 1 aliphatic rings. The van der Waals surface area contributed by atoms with Crippen LogP contribution in [0.15, 0.2) is 53.7 Å². The number of anilines is 1. The topological polar surface area (TPSA) is 83.3 Å². The van der Waals surface area contributed by atoms with Crippen LogP contribution >= 0.6 is 35.6 Å². The number of guanidine groups is 1. The number of hydrogen-bond donors (Lipinski definition) is 2. The van der Waals surface area contributed by atoms with Gasteiger partial charge in [0.1, 0.15) is 11.6 Å². The summed E-state index contributed by atoms with van der Waals surface area (Å²) in [4.78, 5) is 11.5. The number of hydrogen-bond acceptors (Lipinski definition) is 5. The Kier molecular flexibility index (Phi) is 8.68. The summed E-state index contributed by atoms with van der Waals surface area (Å²) in [5.41, 5.74) is 1.16. The average Bonchev–Trinajstić information content (AvgIpc) is 3.38. The minimum absolute atomic E-state index is 0. The zero-order chi connectivity index (χ0) is 21.6. The predicted molar refractivity (Wildman–Crippen MR) is 139 cm³/mol. The van der Waals surface area contributed by atoms with E-state index in [-0.39, 0.29) is 30.0 Å². The quantitative estimate of drug-likeness (QED) is 0.271. The molecule has 10 heteroatoms. The molecule has 170 valence electrons. The van der Waals surface area contributed by atoms with Gasteiger partial charge in [-0.1, -0.05) is 41.9 Å². The van der Waals surface area contributed by atoms with Crippen molar-refractivity contribution < 1.29 is 0 Å². The third-order valence-electron chi connectivity index (χ3n) is 5.43. The zero-order valence-electron chi connectivity index (χ0n) is 18.2. The zero-order valence-corrected chi connectivity index (χ0v) is 21.3. The Morgan fingerprint density at radius 3 is 2.72 bits per heavy atom. The van der Waals surface area contributed by atoms with Crippen LogP contribution in [0.5, 0.6) is 0 Å². The number of halogens is 2. The molecule has 2 aromatic heterocycles. The maximum absolute atomic E-state index is 6.33. The van der Waals surface area contributed by atoms with Gasteiger partial charge in [0.05, 0.1) is 18.1 Å². The summed E-state index contributed by atoms with van der Waals surface area (Å²) in [5, 5.41) is 16.0. The summed E-state index contributed by atoms with van der Waals surface area (Å²) >= 11 is 6.33. The molecule has 0 aliphatic carbocycles. The molecule has 1 fully saturated rings. The summed E-state index contributed by atoms with van der Waals surface area (Å²) in [5.74, 6) is 3.33. The van der Waals surface area contributed by atoms with Gasteiger partial charge < -0.3 is 20.1 Å². The molecule has 8 nitrogen and oxygen atoms in total. The predicted octanol–water partition coefficient (Wildman–Crippen LogP) is 3.30. The number of benzene rings is 1. The molecule has 3 aromatic rings.